The van der Waals surface area contributed by atoms with Gasteiger partial charge in [0, 0.05) is 7.05 Å². The standard InChI is InChI=1S/C15H16FNO2S/c1-11-5-4-6-12(2)15(11)17(3)20(18,19)14-9-7-13(16)8-10-14/h4-10H,1-3H3. The monoisotopic (exact) mass is 293 g/mol. The molecule has 0 N–H and O–H groups in total. The molecule has 0 aromatic heterocycles. The zero-order chi connectivity index (χ0) is 14.9. The molecular formula is C15H16FNO2S. The highest BCUT2D eigenvalue weighted by atomic mass is 32.2. The van der Waals surface area contributed by atoms with Gasteiger partial charge < -0.3 is 0 Å². The Labute approximate surface area is 118 Å². The van der Waals surface area contributed by atoms with Crippen LogP contribution in [0.3, 0.4) is 0 Å². The number of aryl methyl sites for hydroxylation is 2. The second-order valence-corrected chi connectivity index (χ2v) is 6.64. The number of nitrogens with zero attached hydrogens (tertiary/aromatic N) is 1. The van der Waals surface area contributed by atoms with Gasteiger partial charge in [0.2, 0.25) is 0 Å². The van der Waals surface area contributed by atoms with Crippen molar-refractivity contribution < 1.29 is 12.8 Å². The molecule has 0 aliphatic rings. The van der Waals surface area contributed by atoms with Crippen LogP contribution in [0, 0.1) is 19.7 Å². The van der Waals surface area contributed by atoms with Crippen LogP contribution in [0.2, 0.25) is 0 Å². The summed E-state index contributed by atoms with van der Waals surface area (Å²) in [6.45, 7) is 3.72. The second-order valence-electron chi connectivity index (χ2n) is 4.67. The largest absolute Gasteiger partial charge is 0.269 e. The summed E-state index contributed by atoms with van der Waals surface area (Å²) >= 11 is 0. The van der Waals surface area contributed by atoms with E-state index in [2.05, 4.69) is 0 Å². The third-order valence-electron chi connectivity index (χ3n) is 3.23. The van der Waals surface area contributed by atoms with Crippen LogP contribution in [0.1, 0.15) is 11.1 Å². The minimum atomic E-state index is -3.69. The Balaban J connectivity index is 2.52. The molecule has 0 unspecified atom stereocenters. The average molecular weight is 293 g/mol. The van der Waals surface area contributed by atoms with E-state index >= 15 is 0 Å². The maximum Gasteiger partial charge on any atom is 0.264 e. The minimum Gasteiger partial charge on any atom is -0.269 e. The van der Waals surface area contributed by atoms with E-state index < -0.39 is 15.8 Å². The summed E-state index contributed by atoms with van der Waals surface area (Å²) in [4.78, 5) is 0.0732. The van der Waals surface area contributed by atoms with Gasteiger partial charge >= 0.3 is 0 Å². The van der Waals surface area contributed by atoms with E-state index in [1.807, 2.05) is 32.0 Å². The molecule has 5 heteroatoms. The molecule has 0 amide bonds. The molecule has 2 rings (SSSR count). The van der Waals surface area contributed by atoms with Crippen molar-refractivity contribution in [3.05, 3.63) is 59.4 Å². The molecule has 0 atom stereocenters. The van der Waals surface area contributed by atoms with Gasteiger partial charge in [-0.3, -0.25) is 4.31 Å². The van der Waals surface area contributed by atoms with Crippen molar-refractivity contribution in [3.8, 4) is 0 Å². The lowest BCUT2D eigenvalue weighted by Crippen LogP contribution is -2.27. The van der Waals surface area contributed by atoms with E-state index in [-0.39, 0.29) is 4.90 Å². The molecule has 0 aliphatic heterocycles. The molecule has 3 nitrogen and oxygen atoms in total. The first kappa shape index (κ1) is 14.5. The summed E-state index contributed by atoms with van der Waals surface area (Å²) in [7, 11) is -2.18. The summed E-state index contributed by atoms with van der Waals surface area (Å²) in [5, 5.41) is 0. The van der Waals surface area contributed by atoms with Gasteiger partial charge in [0.15, 0.2) is 0 Å². The quantitative estimate of drug-likeness (QED) is 0.871. The maximum absolute atomic E-state index is 12.9. The fourth-order valence-electron chi connectivity index (χ4n) is 2.19. The van der Waals surface area contributed by atoms with E-state index in [9.17, 15) is 12.8 Å². The third-order valence-corrected chi connectivity index (χ3v) is 5.00. The molecule has 20 heavy (non-hydrogen) atoms. The lowest BCUT2D eigenvalue weighted by atomic mass is 10.1. The molecule has 0 saturated carbocycles. The van der Waals surface area contributed by atoms with Crippen LogP contribution < -0.4 is 4.31 Å². The summed E-state index contributed by atoms with van der Waals surface area (Å²) < 4.78 is 39.3. The van der Waals surface area contributed by atoms with Gasteiger partial charge in [-0.25, -0.2) is 12.8 Å². The molecule has 0 aliphatic carbocycles. The highest BCUT2D eigenvalue weighted by molar-refractivity contribution is 7.92. The predicted molar refractivity (Wildman–Crippen MR) is 77.9 cm³/mol. The Morgan fingerprint density at radius 3 is 1.95 bits per heavy atom. The van der Waals surface area contributed by atoms with Gasteiger partial charge in [0.05, 0.1) is 10.6 Å². The number of hydrogen-bond donors (Lipinski definition) is 0. The summed E-state index contributed by atoms with van der Waals surface area (Å²) in [6.07, 6.45) is 0. The molecule has 0 heterocycles. The van der Waals surface area contributed by atoms with Crippen molar-refractivity contribution >= 4 is 15.7 Å². The van der Waals surface area contributed by atoms with Crippen molar-refractivity contribution in [2.24, 2.45) is 0 Å². The Kier molecular flexibility index (Phi) is 3.81. The summed E-state index contributed by atoms with van der Waals surface area (Å²) in [6, 6.07) is 10.4. The number of rotatable bonds is 3. The van der Waals surface area contributed by atoms with Crippen molar-refractivity contribution in [2.75, 3.05) is 11.4 Å². The minimum absolute atomic E-state index is 0.0732. The molecule has 0 bridgehead atoms. The van der Waals surface area contributed by atoms with E-state index in [1.165, 1.54) is 23.5 Å². The molecule has 0 spiro atoms. The Bertz CT molecular complexity index is 704. The number of hydrogen-bond acceptors (Lipinski definition) is 2. The Hall–Kier alpha value is -1.88. The van der Waals surface area contributed by atoms with E-state index in [4.69, 9.17) is 0 Å². The highest BCUT2D eigenvalue weighted by Crippen LogP contribution is 2.28. The SMILES string of the molecule is Cc1cccc(C)c1N(C)S(=O)(=O)c1ccc(F)cc1. The molecule has 2 aromatic carbocycles. The normalized spacial score (nSPS) is 11.4. The van der Waals surface area contributed by atoms with Gasteiger partial charge in [-0.15, -0.1) is 0 Å². The van der Waals surface area contributed by atoms with Crippen LogP contribution in [-0.2, 0) is 10.0 Å². The zero-order valence-corrected chi connectivity index (χ0v) is 12.4. The summed E-state index contributed by atoms with van der Waals surface area (Å²) in [5.41, 5.74) is 2.40. The topological polar surface area (TPSA) is 37.4 Å². The van der Waals surface area contributed by atoms with E-state index in [1.54, 1.807) is 0 Å². The van der Waals surface area contributed by atoms with E-state index in [0.717, 1.165) is 23.3 Å². The average Bonchev–Trinajstić information content (AvgIpc) is 2.38. The first-order valence-corrected chi connectivity index (χ1v) is 7.59. The summed E-state index contributed by atoms with van der Waals surface area (Å²) in [5.74, 6) is -0.460. The van der Waals surface area contributed by atoms with Crippen LogP contribution in [0.5, 0.6) is 0 Å². The molecule has 0 fully saturated rings. The molecular weight excluding hydrogens is 277 g/mol. The predicted octanol–water partition coefficient (Wildman–Crippen LogP) is 3.27. The molecule has 0 radical (unpaired) electrons. The second kappa shape index (κ2) is 5.25. The van der Waals surface area contributed by atoms with Crippen LogP contribution in [-0.4, -0.2) is 15.5 Å². The lowest BCUT2D eigenvalue weighted by Gasteiger charge is -2.23. The highest BCUT2D eigenvalue weighted by Gasteiger charge is 2.23. The molecule has 0 saturated heterocycles. The van der Waals surface area contributed by atoms with Crippen LogP contribution in [0.4, 0.5) is 10.1 Å². The van der Waals surface area contributed by atoms with E-state index in [0.29, 0.717) is 5.69 Å². The first-order valence-electron chi connectivity index (χ1n) is 6.15. The Morgan fingerprint density at radius 1 is 0.950 bits per heavy atom. The zero-order valence-electron chi connectivity index (χ0n) is 11.6. The number of halogens is 1. The van der Waals surface area contributed by atoms with Crippen LogP contribution in [0.25, 0.3) is 0 Å². The Morgan fingerprint density at radius 2 is 1.45 bits per heavy atom. The number of benzene rings is 2. The van der Waals surface area contributed by atoms with Crippen molar-refractivity contribution in [1.29, 1.82) is 0 Å². The van der Waals surface area contributed by atoms with Crippen molar-refractivity contribution in [3.63, 3.8) is 0 Å². The third kappa shape index (κ3) is 2.54. The fourth-order valence-corrected chi connectivity index (χ4v) is 3.51. The lowest BCUT2D eigenvalue weighted by molar-refractivity contribution is 0.593. The first-order chi connectivity index (χ1) is 9.34. The van der Waals surface area contributed by atoms with Crippen LogP contribution in [0.15, 0.2) is 47.4 Å². The van der Waals surface area contributed by atoms with Crippen LogP contribution >= 0.6 is 0 Å². The molecule has 106 valence electrons. The van der Waals surface area contributed by atoms with Gasteiger partial charge in [-0.05, 0) is 49.2 Å². The van der Waals surface area contributed by atoms with Gasteiger partial charge in [0.25, 0.3) is 10.0 Å². The smallest absolute Gasteiger partial charge is 0.264 e. The number of sulfonamides is 1. The number of para-hydroxylation sites is 1. The van der Waals surface area contributed by atoms with Gasteiger partial charge in [0.1, 0.15) is 5.82 Å². The van der Waals surface area contributed by atoms with Crippen molar-refractivity contribution in [1.82, 2.24) is 0 Å². The number of anilines is 1. The molecule has 2 aromatic rings. The maximum atomic E-state index is 12.9. The fraction of sp³-hybridized carbons (Fsp3) is 0.200. The van der Waals surface area contributed by atoms with Gasteiger partial charge in [-0.2, -0.15) is 0 Å². The van der Waals surface area contributed by atoms with Crippen molar-refractivity contribution in [2.45, 2.75) is 18.7 Å². The van der Waals surface area contributed by atoms with Gasteiger partial charge in [-0.1, -0.05) is 18.2 Å².